The first kappa shape index (κ1) is 9.29. The summed E-state index contributed by atoms with van der Waals surface area (Å²) in [4.78, 5) is 0. The summed E-state index contributed by atoms with van der Waals surface area (Å²) in [5.74, 6) is 0. The molecule has 5 heteroatoms. The standard InChI is InChI=1S/3FH.H2O.Y/h3*1H;1H2;/q;;;;+3/p-3. The van der Waals surface area contributed by atoms with Crippen LogP contribution in [0.3, 0.4) is 0 Å². The van der Waals surface area contributed by atoms with Crippen LogP contribution in [0.1, 0.15) is 0 Å². The van der Waals surface area contributed by atoms with Crippen LogP contribution in [0.4, 0.5) is 5.77 Å². The van der Waals surface area contributed by atoms with Crippen molar-refractivity contribution < 1.29 is 40.8 Å². The van der Waals surface area contributed by atoms with E-state index in [2.05, 4.69) is 0 Å². The minimum atomic E-state index is -5.14. The van der Waals surface area contributed by atoms with Gasteiger partial charge in [0, 0.05) is 0 Å². The molecular formula is H2F3OY. The fourth-order valence-electron chi connectivity index (χ4n) is 0. The normalized spacial score (nSPS) is 5.40. The third-order valence-electron chi connectivity index (χ3n) is 0. The van der Waals surface area contributed by atoms with Gasteiger partial charge in [-0.3, -0.25) is 0 Å². The molecule has 0 aliphatic carbocycles. The average Bonchev–Trinajstić information content (AvgIpc) is 0.811. The summed E-state index contributed by atoms with van der Waals surface area (Å²) in [6.07, 6.45) is 0. The van der Waals surface area contributed by atoms with Crippen molar-refractivity contribution >= 4 is 0 Å². The molecule has 0 aromatic heterocycles. The van der Waals surface area contributed by atoms with Gasteiger partial charge in [-0.15, -0.1) is 0 Å². The summed E-state index contributed by atoms with van der Waals surface area (Å²) < 4.78 is 29.6. The van der Waals surface area contributed by atoms with Crippen molar-refractivity contribution in [2.45, 2.75) is 0 Å². The predicted molar refractivity (Wildman–Crippen MR) is 6.94 cm³/mol. The van der Waals surface area contributed by atoms with E-state index in [0.29, 0.717) is 0 Å². The molecule has 32 valence electrons. The summed E-state index contributed by atoms with van der Waals surface area (Å²) in [7, 11) is 0. The molecule has 0 fully saturated rings. The summed E-state index contributed by atoms with van der Waals surface area (Å²) in [6.45, 7) is 0. The van der Waals surface area contributed by atoms with Crippen LogP contribution < -0.4 is 0 Å². The van der Waals surface area contributed by atoms with Crippen LogP contribution in [0, 0.1) is 0 Å². The minimum absolute atomic E-state index is 0. The maximum absolute atomic E-state index is 9.88. The fraction of sp³-hybridized carbons (Fsp3) is 0. The predicted octanol–water partition coefficient (Wildman–Crippen LogP) is 0.433. The van der Waals surface area contributed by atoms with Gasteiger partial charge < -0.3 is 5.48 Å². The van der Waals surface area contributed by atoms with Crippen molar-refractivity contribution in [2.75, 3.05) is 0 Å². The number of hydrogen-bond donors (Lipinski definition) is 0. The Morgan fingerprint density at radius 2 is 1.00 bits per heavy atom. The molecule has 0 saturated carbocycles. The molecule has 0 atom stereocenters. The monoisotopic (exact) mass is 164 g/mol. The molecule has 5 heavy (non-hydrogen) atoms. The number of rotatable bonds is 0. The van der Waals surface area contributed by atoms with Crippen molar-refractivity contribution in [2.24, 2.45) is 0 Å². The molecule has 0 aliphatic rings. The van der Waals surface area contributed by atoms with Gasteiger partial charge >= 0.3 is 35.3 Å². The third kappa shape index (κ3) is 54.2. The van der Waals surface area contributed by atoms with Crippen LogP contribution in [0.25, 0.3) is 0 Å². The third-order valence-corrected chi connectivity index (χ3v) is 0. The summed E-state index contributed by atoms with van der Waals surface area (Å²) in [6, 6.07) is 0. The zero-order chi connectivity index (χ0) is 3.58. The molecule has 0 amide bonds. The van der Waals surface area contributed by atoms with Gasteiger partial charge in [-0.1, -0.05) is 0 Å². The van der Waals surface area contributed by atoms with Crippen molar-refractivity contribution in [1.29, 1.82) is 0 Å². The molecule has 0 aromatic rings. The molecule has 0 unspecified atom stereocenters. The first-order valence-electron chi connectivity index (χ1n) is 0.655. The van der Waals surface area contributed by atoms with Crippen molar-refractivity contribution in [3.05, 3.63) is 0 Å². The zero-order valence-corrected chi connectivity index (χ0v) is 5.05. The molecule has 0 aromatic carbocycles. The Hall–Kier alpha value is 0.854. The van der Waals surface area contributed by atoms with Gasteiger partial charge in [0.25, 0.3) is 0 Å². The van der Waals surface area contributed by atoms with Crippen LogP contribution in [-0.2, 0) is 29.6 Å². The van der Waals surface area contributed by atoms with E-state index in [4.69, 9.17) is 0 Å². The van der Waals surface area contributed by atoms with E-state index < -0.39 is 29.6 Å². The van der Waals surface area contributed by atoms with Crippen LogP contribution in [0.15, 0.2) is 0 Å². The van der Waals surface area contributed by atoms with Gasteiger partial charge in [-0.05, 0) is 0 Å². The average molecular weight is 164 g/mol. The Balaban J connectivity index is 0. The molecule has 0 spiro atoms. The molecule has 0 bridgehead atoms. The van der Waals surface area contributed by atoms with Crippen LogP contribution in [0.5, 0.6) is 0 Å². The topological polar surface area (TPSA) is 31.5 Å². The van der Waals surface area contributed by atoms with Crippen LogP contribution in [-0.4, -0.2) is 5.48 Å². The van der Waals surface area contributed by atoms with E-state index in [0.717, 1.165) is 0 Å². The zero-order valence-electron chi connectivity index (χ0n) is 2.21. The van der Waals surface area contributed by atoms with Gasteiger partial charge in [0.05, 0.1) is 0 Å². The summed E-state index contributed by atoms with van der Waals surface area (Å²) >= 11 is -5.14. The van der Waals surface area contributed by atoms with Crippen LogP contribution in [0.2, 0.25) is 0 Å². The Kier molecular flexibility index (Phi) is 9.01. The molecule has 2 N–H and O–H groups in total. The Morgan fingerprint density at radius 3 is 1.00 bits per heavy atom. The SMILES string of the molecule is O.[F][Y]([F])[F]. The number of halogens is 3. The molecule has 1 nitrogen and oxygen atoms in total. The van der Waals surface area contributed by atoms with Crippen LogP contribution >= 0.6 is 0 Å². The molecule has 0 saturated heterocycles. The Bertz CT molecular complexity index is 11.6. The second kappa shape index (κ2) is 4.85. The molecule has 0 radical (unpaired) electrons. The van der Waals surface area contributed by atoms with E-state index in [-0.39, 0.29) is 5.48 Å². The van der Waals surface area contributed by atoms with E-state index in [1.54, 1.807) is 0 Å². The summed E-state index contributed by atoms with van der Waals surface area (Å²) in [5.41, 5.74) is 0. The van der Waals surface area contributed by atoms with E-state index in [1.165, 1.54) is 0 Å². The van der Waals surface area contributed by atoms with Crippen molar-refractivity contribution in [3.63, 3.8) is 0 Å². The van der Waals surface area contributed by atoms with Gasteiger partial charge in [-0.25, -0.2) is 0 Å². The second-order valence-electron chi connectivity index (χ2n) is 0.247. The fourth-order valence-corrected chi connectivity index (χ4v) is 0. The molecule has 0 rings (SSSR count). The second-order valence-corrected chi connectivity index (χ2v) is 1.46. The molecule has 0 heterocycles. The van der Waals surface area contributed by atoms with Gasteiger partial charge in [0.1, 0.15) is 0 Å². The van der Waals surface area contributed by atoms with E-state index in [9.17, 15) is 5.77 Å². The molecule has 0 aliphatic heterocycles. The Labute approximate surface area is 40.9 Å². The maximum atomic E-state index is 9.88. The Morgan fingerprint density at radius 1 is 1.00 bits per heavy atom. The summed E-state index contributed by atoms with van der Waals surface area (Å²) in [5, 5.41) is 0. The number of hydrogen-bond acceptors (Lipinski definition) is 0. The first-order chi connectivity index (χ1) is 1.73. The quantitative estimate of drug-likeness (QED) is 0.497. The van der Waals surface area contributed by atoms with E-state index in [1.807, 2.05) is 0 Å². The molecular weight excluding hydrogens is 162 g/mol. The van der Waals surface area contributed by atoms with Gasteiger partial charge in [0.15, 0.2) is 0 Å². The van der Waals surface area contributed by atoms with Crippen molar-refractivity contribution in [3.8, 4) is 0 Å². The van der Waals surface area contributed by atoms with Crippen molar-refractivity contribution in [1.82, 2.24) is 0 Å². The van der Waals surface area contributed by atoms with Gasteiger partial charge in [-0.2, -0.15) is 0 Å². The van der Waals surface area contributed by atoms with E-state index >= 15 is 0 Å². The van der Waals surface area contributed by atoms with Gasteiger partial charge in [0.2, 0.25) is 0 Å². The first-order valence-corrected chi connectivity index (χ1v) is 3.87.